The van der Waals surface area contributed by atoms with Crippen molar-refractivity contribution in [2.24, 2.45) is 0 Å². The third kappa shape index (κ3) is 2.55. The molecule has 1 amide bonds. The Kier molecular flexibility index (Phi) is 3.48. The first-order valence-corrected chi connectivity index (χ1v) is 7.08. The summed E-state index contributed by atoms with van der Waals surface area (Å²) in [6.45, 7) is 6.65. The van der Waals surface area contributed by atoms with Gasteiger partial charge in [0.1, 0.15) is 11.3 Å². The summed E-state index contributed by atoms with van der Waals surface area (Å²) in [5, 5.41) is 7.67. The van der Waals surface area contributed by atoms with Crippen molar-refractivity contribution in [1.29, 1.82) is 0 Å². The van der Waals surface area contributed by atoms with E-state index in [2.05, 4.69) is 15.3 Å². The van der Waals surface area contributed by atoms with Crippen LogP contribution in [0.15, 0.2) is 9.05 Å². The Balaban J connectivity index is 1.78. The average molecular weight is 290 g/mol. The molecule has 112 valence electrons. The molecule has 21 heavy (non-hydrogen) atoms. The van der Waals surface area contributed by atoms with Crippen molar-refractivity contribution in [2.75, 3.05) is 13.1 Å². The van der Waals surface area contributed by atoms with Gasteiger partial charge in [0.2, 0.25) is 5.89 Å². The summed E-state index contributed by atoms with van der Waals surface area (Å²) in [6, 6.07) is 0. The molecule has 1 atom stereocenters. The van der Waals surface area contributed by atoms with Gasteiger partial charge in [0, 0.05) is 13.1 Å². The van der Waals surface area contributed by atoms with Gasteiger partial charge in [0.05, 0.1) is 11.6 Å². The van der Waals surface area contributed by atoms with Crippen molar-refractivity contribution < 1.29 is 13.8 Å². The molecule has 7 nitrogen and oxygen atoms in total. The second-order valence-corrected chi connectivity index (χ2v) is 5.47. The number of aryl methyl sites for hydroxylation is 3. The molecule has 0 bridgehead atoms. The smallest absolute Gasteiger partial charge is 0.259 e. The fourth-order valence-electron chi connectivity index (χ4n) is 2.79. The first-order valence-electron chi connectivity index (χ1n) is 7.08. The molecule has 7 heteroatoms. The monoisotopic (exact) mass is 290 g/mol. The normalized spacial score (nSPS) is 19.0. The molecule has 0 aliphatic carbocycles. The number of nitrogens with zero attached hydrogens (tertiary/aromatic N) is 4. The van der Waals surface area contributed by atoms with Gasteiger partial charge >= 0.3 is 0 Å². The second-order valence-electron chi connectivity index (χ2n) is 5.47. The van der Waals surface area contributed by atoms with Crippen LogP contribution in [0.5, 0.6) is 0 Å². The lowest BCUT2D eigenvalue weighted by Crippen LogP contribution is -2.39. The average Bonchev–Trinajstić information content (AvgIpc) is 3.05. The van der Waals surface area contributed by atoms with Crippen LogP contribution in [0.1, 0.15) is 52.3 Å². The fourth-order valence-corrected chi connectivity index (χ4v) is 2.79. The van der Waals surface area contributed by atoms with Crippen LogP contribution in [-0.2, 0) is 0 Å². The van der Waals surface area contributed by atoms with Crippen LogP contribution in [0.2, 0.25) is 0 Å². The van der Waals surface area contributed by atoms with Gasteiger partial charge in [-0.3, -0.25) is 4.79 Å². The molecule has 0 spiro atoms. The highest BCUT2D eigenvalue weighted by Gasteiger charge is 2.31. The largest absolute Gasteiger partial charge is 0.361 e. The molecule has 0 N–H and O–H groups in total. The molecule has 1 saturated heterocycles. The van der Waals surface area contributed by atoms with Crippen LogP contribution in [-0.4, -0.2) is 39.2 Å². The van der Waals surface area contributed by atoms with E-state index >= 15 is 0 Å². The standard InChI is InChI=1S/C14H18N4O3/c1-8-12(9(2)20-16-8)14(19)18-6-4-5-11(7-18)13-15-10(3)17-21-13/h11H,4-7H2,1-3H3. The van der Waals surface area contributed by atoms with E-state index < -0.39 is 0 Å². The quantitative estimate of drug-likeness (QED) is 0.841. The van der Waals surface area contributed by atoms with Crippen LogP contribution in [0.25, 0.3) is 0 Å². The molecular formula is C14H18N4O3. The van der Waals surface area contributed by atoms with Crippen LogP contribution < -0.4 is 0 Å². The lowest BCUT2D eigenvalue weighted by atomic mass is 9.97. The Labute approximate surface area is 122 Å². The molecule has 0 aromatic carbocycles. The minimum absolute atomic E-state index is 0.0350. The summed E-state index contributed by atoms with van der Waals surface area (Å²) < 4.78 is 10.3. The number of rotatable bonds is 2. The molecule has 1 aliphatic heterocycles. The van der Waals surface area contributed by atoms with E-state index in [1.165, 1.54) is 0 Å². The van der Waals surface area contributed by atoms with E-state index in [9.17, 15) is 4.79 Å². The minimum Gasteiger partial charge on any atom is -0.361 e. The van der Waals surface area contributed by atoms with Crippen LogP contribution in [0, 0.1) is 20.8 Å². The highest BCUT2D eigenvalue weighted by Crippen LogP contribution is 2.27. The molecule has 0 saturated carbocycles. The number of likely N-dealkylation sites (tertiary alicyclic amines) is 1. The molecule has 1 aliphatic rings. The Morgan fingerprint density at radius 3 is 2.67 bits per heavy atom. The summed E-state index contributed by atoms with van der Waals surface area (Å²) in [6.07, 6.45) is 1.87. The molecule has 1 fully saturated rings. The maximum absolute atomic E-state index is 12.6. The van der Waals surface area contributed by atoms with Gasteiger partial charge in [-0.05, 0) is 33.6 Å². The maximum Gasteiger partial charge on any atom is 0.259 e. The van der Waals surface area contributed by atoms with Crippen molar-refractivity contribution in [2.45, 2.75) is 39.5 Å². The van der Waals surface area contributed by atoms with Gasteiger partial charge < -0.3 is 13.9 Å². The van der Waals surface area contributed by atoms with Crippen molar-refractivity contribution in [1.82, 2.24) is 20.2 Å². The summed E-state index contributed by atoms with van der Waals surface area (Å²) >= 11 is 0. The first kappa shape index (κ1) is 13.8. The van der Waals surface area contributed by atoms with E-state index in [0.29, 0.717) is 35.3 Å². The highest BCUT2D eigenvalue weighted by atomic mass is 16.5. The number of hydrogen-bond donors (Lipinski definition) is 0. The number of carbonyl (C=O) groups excluding carboxylic acids is 1. The van der Waals surface area contributed by atoms with Gasteiger partial charge in [0.25, 0.3) is 5.91 Å². The Hall–Kier alpha value is -2.18. The van der Waals surface area contributed by atoms with Gasteiger partial charge in [0.15, 0.2) is 5.82 Å². The number of piperidine rings is 1. The second kappa shape index (κ2) is 5.31. The van der Waals surface area contributed by atoms with Gasteiger partial charge in [-0.2, -0.15) is 4.98 Å². The van der Waals surface area contributed by atoms with Crippen molar-refractivity contribution >= 4 is 5.91 Å². The van der Waals surface area contributed by atoms with E-state index in [4.69, 9.17) is 9.05 Å². The number of hydrogen-bond acceptors (Lipinski definition) is 6. The summed E-state index contributed by atoms with van der Waals surface area (Å²) in [4.78, 5) is 18.7. The molecule has 2 aromatic heterocycles. The van der Waals surface area contributed by atoms with E-state index in [1.54, 1.807) is 20.8 Å². The third-order valence-corrected chi connectivity index (χ3v) is 3.85. The van der Waals surface area contributed by atoms with Crippen molar-refractivity contribution in [3.05, 3.63) is 28.7 Å². The first-order chi connectivity index (χ1) is 10.1. The number of carbonyl (C=O) groups is 1. The van der Waals surface area contributed by atoms with E-state index in [0.717, 1.165) is 19.4 Å². The van der Waals surface area contributed by atoms with Crippen LogP contribution in [0.3, 0.4) is 0 Å². The third-order valence-electron chi connectivity index (χ3n) is 3.85. The molecule has 3 heterocycles. The Bertz CT molecular complexity index is 641. The molecule has 0 radical (unpaired) electrons. The molecule has 3 rings (SSSR count). The fraction of sp³-hybridized carbons (Fsp3) is 0.571. The van der Waals surface area contributed by atoms with Gasteiger partial charge in [-0.25, -0.2) is 0 Å². The summed E-state index contributed by atoms with van der Waals surface area (Å²) in [5.41, 5.74) is 1.20. The molecule has 2 aromatic rings. The van der Waals surface area contributed by atoms with Crippen LogP contribution in [0.4, 0.5) is 0 Å². The van der Waals surface area contributed by atoms with Gasteiger partial charge in [-0.15, -0.1) is 0 Å². The lowest BCUT2D eigenvalue weighted by Gasteiger charge is -2.30. The van der Waals surface area contributed by atoms with Crippen molar-refractivity contribution in [3.63, 3.8) is 0 Å². The van der Waals surface area contributed by atoms with E-state index in [-0.39, 0.29) is 11.8 Å². The predicted octanol–water partition coefficient (Wildman–Crippen LogP) is 2.00. The van der Waals surface area contributed by atoms with E-state index in [1.807, 2.05) is 4.90 Å². The number of amides is 1. The highest BCUT2D eigenvalue weighted by molar-refractivity contribution is 5.96. The minimum atomic E-state index is -0.0350. The SMILES string of the molecule is Cc1noc(C2CCCN(C(=O)c3c(C)noc3C)C2)n1. The molecule has 1 unspecified atom stereocenters. The van der Waals surface area contributed by atoms with Crippen LogP contribution >= 0.6 is 0 Å². The zero-order valence-corrected chi connectivity index (χ0v) is 12.4. The summed E-state index contributed by atoms with van der Waals surface area (Å²) in [7, 11) is 0. The molecular weight excluding hydrogens is 272 g/mol. The van der Waals surface area contributed by atoms with Gasteiger partial charge in [-0.1, -0.05) is 10.3 Å². The van der Waals surface area contributed by atoms with Crippen molar-refractivity contribution in [3.8, 4) is 0 Å². The summed E-state index contributed by atoms with van der Waals surface area (Å²) in [5.74, 6) is 1.87. The Morgan fingerprint density at radius 1 is 1.24 bits per heavy atom. The number of aromatic nitrogens is 3. The zero-order valence-electron chi connectivity index (χ0n) is 12.4. The zero-order chi connectivity index (χ0) is 15.0. The lowest BCUT2D eigenvalue weighted by molar-refractivity contribution is 0.0693. The Morgan fingerprint density at radius 2 is 2.05 bits per heavy atom. The topological polar surface area (TPSA) is 85.3 Å². The maximum atomic E-state index is 12.6. The predicted molar refractivity (Wildman–Crippen MR) is 72.9 cm³/mol.